The Balaban J connectivity index is 2.82. The summed E-state index contributed by atoms with van der Waals surface area (Å²) in [5.74, 6) is 0. The predicted molar refractivity (Wildman–Crippen MR) is 63.8 cm³/mol. The SMILES string of the molecule is ClC=c1ccc2cc(=CCl)ccc2c1. The molecule has 0 unspecified atom stereocenters. The van der Waals surface area contributed by atoms with Crippen LogP contribution in [0.1, 0.15) is 0 Å². The van der Waals surface area contributed by atoms with Crippen molar-refractivity contribution in [2.75, 3.05) is 0 Å². The third-order valence-electron chi connectivity index (χ3n) is 2.14. The van der Waals surface area contributed by atoms with E-state index in [4.69, 9.17) is 23.2 Å². The first-order valence-corrected chi connectivity index (χ1v) is 5.11. The van der Waals surface area contributed by atoms with E-state index in [0.717, 1.165) is 10.4 Å². The average molecular weight is 223 g/mol. The Bertz CT molecular complexity index is 517. The third kappa shape index (κ3) is 1.77. The van der Waals surface area contributed by atoms with Gasteiger partial charge in [0.05, 0.1) is 0 Å². The fraction of sp³-hybridized carbons (Fsp3) is 0. The van der Waals surface area contributed by atoms with Crippen molar-refractivity contribution in [3.8, 4) is 0 Å². The number of fused-ring (bicyclic) bond motifs is 1. The summed E-state index contributed by atoms with van der Waals surface area (Å²) in [6.07, 6.45) is 0. The topological polar surface area (TPSA) is 0 Å². The van der Waals surface area contributed by atoms with Crippen molar-refractivity contribution in [3.05, 3.63) is 46.8 Å². The van der Waals surface area contributed by atoms with Crippen LogP contribution in [-0.4, -0.2) is 0 Å². The largest absolute Gasteiger partial charge is 0.0923 e. The molecule has 0 aromatic heterocycles. The molecule has 2 aromatic rings. The van der Waals surface area contributed by atoms with Crippen LogP contribution in [0.3, 0.4) is 0 Å². The first-order valence-electron chi connectivity index (χ1n) is 4.24. The van der Waals surface area contributed by atoms with Crippen molar-refractivity contribution in [1.29, 1.82) is 0 Å². The smallest absolute Gasteiger partial charge is 0.0115 e. The molecule has 0 N–H and O–H groups in total. The standard InChI is InChI=1S/C12H8Cl2/c13-7-9-1-3-11-6-10(8-14)2-4-12(11)5-9/h1-8H. The molecule has 2 heteroatoms. The van der Waals surface area contributed by atoms with Gasteiger partial charge in [0.15, 0.2) is 0 Å². The van der Waals surface area contributed by atoms with E-state index in [2.05, 4.69) is 0 Å². The van der Waals surface area contributed by atoms with Crippen LogP contribution < -0.4 is 10.4 Å². The lowest BCUT2D eigenvalue weighted by molar-refractivity contribution is 1.64. The maximum Gasteiger partial charge on any atom is 0.0115 e. The second kappa shape index (κ2) is 4.04. The molecular weight excluding hydrogens is 215 g/mol. The highest BCUT2D eigenvalue weighted by molar-refractivity contribution is 6.39. The van der Waals surface area contributed by atoms with E-state index >= 15 is 0 Å². The van der Waals surface area contributed by atoms with E-state index in [0.29, 0.717) is 0 Å². The van der Waals surface area contributed by atoms with Crippen LogP contribution in [0.5, 0.6) is 0 Å². The van der Waals surface area contributed by atoms with Gasteiger partial charge in [-0.05, 0) is 33.3 Å². The van der Waals surface area contributed by atoms with Gasteiger partial charge in [-0.1, -0.05) is 47.5 Å². The molecular formula is C12H8Cl2. The van der Waals surface area contributed by atoms with Crippen molar-refractivity contribution in [1.82, 2.24) is 0 Å². The van der Waals surface area contributed by atoms with Crippen molar-refractivity contribution in [2.24, 2.45) is 0 Å². The summed E-state index contributed by atoms with van der Waals surface area (Å²) in [5.41, 5.74) is 3.14. The van der Waals surface area contributed by atoms with E-state index < -0.39 is 0 Å². The minimum Gasteiger partial charge on any atom is -0.0923 e. The second-order valence-electron chi connectivity index (χ2n) is 3.08. The molecule has 2 aromatic carbocycles. The Kier molecular flexibility index (Phi) is 2.76. The summed E-state index contributed by atoms with van der Waals surface area (Å²) in [6.45, 7) is 0. The lowest BCUT2D eigenvalue weighted by atomic mass is 10.1. The Morgan fingerprint density at radius 2 is 1.14 bits per heavy atom. The zero-order valence-corrected chi connectivity index (χ0v) is 8.89. The van der Waals surface area contributed by atoms with E-state index in [1.54, 1.807) is 11.1 Å². The number of benzene rings is 2. The average Bonchev–Trinajstić information content (AvgIpc) is 2.27. The molecule has 0 nitrogen and oxygen atoms in total. The quantitative estimate of drug-likeness (QED) is 0.644. The first-order chi connectivity index (χ1) is 6.83. The van der Waals surface area contributed by atoms with Gasteiger partial charge >= 0.3 is 0 Å². The molecule has 70 valence electrons. The summed E-state index contributed by atoms with van der Waals surface area (Å²) >= 11 is 11.3. The van der Waals surface area contributed by atoms with Crippen LogP contribution >= 0.6 is 23.2 Å². The molecule has 0 fully saturated rings. The highest BCUT2D eigenvalue weighted by Gasteiger charge is 1.90. The van der Waals surface area contributed by atoms with E-state index in [1.165, 1.54) is 10.8 Å². The Morgan fingerprint density at radius 3 is 1.50 bits per heavy atom. The number of hydrogen-bond donors (Lipinski definition) is 0. The molecule has 0 bridgehead atoms. The van der Waals surface area contributed by atoms with E-state index in [9.17, 15) is 0 Å². The zero-order chi connectivity index (χ0) is 9.97. The normalized spacial score (nSPS) is 13.9. The maximum absolute atomic E-state index is 5.63. The van der Waals surface area contributed by atoms with Gasteiger partial charge in [0.2, 0.25) is 0 Å². The summed E-state index contributed by atoms with van der Waals surface area (Å²) in [4.78, 5) is 0. The molecule has 0 aliphatic rings. The molecule has 0 atom stereocenters. The zero-order valence-electron chi connectivity index (χ0n) is 7.37. The summed E-state index contributed by atoms with van der Waals surface area (Å²) in [5, 5.41) is 4.37. The molecule has 0 amide bonds. The van der Waals surface area contributed by atoms with Crippen molar-refractivity contribution in [2.45, 2.75) is 0 Å². The van der Waals surface area contributed by atoms with Gasteiger partial charge in [-0.3, -0.25) is 0 Å². The Morgan fingerprint density at radius 1 is 0.714 bits per heavy atom. The van der Waals surface area contributed by atoms with Crippen LogP contribution in [0.4, 0.5) is 0 Å². The highest BCUT2D eigenvalue weighted by atomic mass is 35.5. The lowest BCUT2D eigenvalue weighted by Crippen LogP contribution is -2.00. The van der Waals surface area contributed by atoms with Crippen LogP contribution in [0.2, 0.25) is 0 Å². The van der Waals surface area contributed by atoms with Crippen LogP contribution in [0, 0.1) is 0 Å². The summed E-state index contributed by atoms with van der Waals surface area (Å²) in [7, 11) is 0. The lowest BCUT2D eigenvalue weighted by Gasteiger charge is -1.96. The molecule has 14 heavy (non-hydrogen) atoms. The number of hydrogen-bond acceptors (Lipinski definition) is 0. The molecule has 0 radical (unpaired) electrons. The van der Waals surface area contributed by atoms with Crippen LogP contribution in [0.15, 0.2) is 36.4 Å². The fourth-order valence-corrected chi connectivity index (χ4v) is 1.69. The number of rotatable bonds is 0. The van der Waals surface area contributed by atoms with Crippen molar-refractivity contribution >= 4 is 45.0 Å². The Labute approximate surface area is 92.1 Å². The van der Waals surface area contributed by atoms with Crippen molar-refractivity contribution < 1.29 is 0 Å². The highest BCUT2D eigenvalue weighted by Crippen LogP contribution is 2.07. The van der Waals surface area contributed by atoms with E-state index in [1.807, 2.05) is 36.4 Å². The fourth-order valence-electron chi connectivity index (χ4n) is 1.42. The van der Waals surface area contributed by atoms with Crippen LogP contribution in [0.25, 0.3) is 21.8 Å². The van der Waals surface area contributed by atoms with Gasteiger partial charge in [0.25, 0.3) is 0 Å². The van der Waals surface area contributed by atoms with Gasteiger partial charge in [-0.15, -0.1) is 0 Å². The maximum atomic E-state index is 5.63. The summed E-state index contributed by atoms with van der Waals surface area (Å²) < 4.78 is 0. The summed E-state index contributed by atoms with van der Waals surface area (Å²) in [6, 6.07) is 12.1. The molecule has 0 aliphatic carbocycles. The molecule has 0 saturated carbocycles. The van der Waals surface area contributed by atoms with Gasteiger partial charge in [0, 0.05) is 11.1 Å². The van der Waals surface area contributed by atoms with E-state index in [-0.39, 0.29) is 0 Å². The molecule has 2 rings (SSSR count). The third-order valence-corrected chi connectivity index (χ3v) is 2.64. The second-order valence-corrected chi connectivity index (χ2v) is 3.52. The monoisotopic (exact) mass is 222 g/mol. The predicted octanol–water partition coefficient (Wildman–Crippen LogP) is 2.79. The van der Waals surface area contributed by atoms with Gasteiger partial charge < -0.3 is 0 Å². The minimum absolute atomic E-state index is 1.02. The van der Waals surface area contributed by atoms with Crippen molar-refractivity contribution in [3.63, 3.8) is 0 Å². The number of halogens is 2. The molecule has 0 spiro atoms. The molecule has 0 heterocycles. The van der Waals surface area contributed by atoms with Gasteiger partial charge in [0.1, 0.15) is 0 Å². The first kappa shape index (κ1) is 9.57. The molecule has 0 saturated heterocycles. The minimum atomic E-state index is 1.02. The van der Waals surface area contributed by atoms with Crippen LogP contribution in [-0.2, 0) is 0 Å². The molecule has 0 aliphatic heterocycles. The van der Waals surface area contributed by atoms with Gasteiger partial charge in [-0.2, -0.15) is 0 Å². The Hall–Kier alpha value is -0.980. The van der Waals surface area contributed by atoms with Gasteiger partial charge in [-0.25, -0.2) is 0 Å².